The zero-order chi connectivity index (χ0) is 26.5. The summed E-state index contributed by atoms with van der Waals surface area (Å²) in [6, 6.07) is 14.3. The first-order valence-electron chi connectivity index (χ1n) is 11.1. The molecule has 37 heavy (non-hydrogen) atoms. The molecule has 0 bridgehead atoms. The van der Waals surface area contributed by atoms with Crippen molar-refractivity contribution < 1.29 is 27.9 Å². The number of carbonyl (C=O) groups excluding carboxylic acids is 2. The molecule has 3 heterocycles. The van der Waals surface area contributed by atoms with E-state index in [0.717, 1.165) is 39.5 Å². The van der Waals surface area contributed by atoms with Crippen molar-refractivity contribution in [2.45, 2.75) is 26.1 Å². The van der Waals surface area contributed by atoms with E-state index >= 15 is 0 Å². The number of carbonyl (C=O) groups is 2. The molecule has 5 nitrogen and oxygen atoms in total. The van der Waals surface area contributed by atoms with Crippen molar-refractivity contribution in [2.75, 3.05) is 4.90 Å². The molecule has 1 amide bonds. The van der Waals surface area contributed by atoms with Crippen LogP contribution in [0.4, 0.5) is 18.9 Å². The van der Waals surface area contributed by atoms with Crippen LogP contribution in [-0.2, 0) is 11.0 Å². The Morgan fingerprint density at radius 1 is 1.05 bits per heavy atom. The number of rotatable bonds is 5. The molecule has 2 aromatic heterocycles. The maximum atomic E-state index is 13.9. The summed E-state index contributed by atoms with van der Waals surface area (Å²) in [5.41, 5.74) is 0.792. The van der Waals surface area contributed by atoms with Gasteiger partial charge in [0.15, 0.2) is 5.76 Å². The van der Waals surface area contributed by atoms with Crippen LogP contribution in [0.15, 0.2) is 77.4 Å². The van der Waals surface area contributed by atoms with E-state index in [1.165, 1.54) is 23.5 Å². The van der Waals surface area contributed by atoms with Crippen LogP contribution in [-0.4, -0.2) is 21.8 Å². The van der Waals surface area contributed by atoms with E-state index in [1.807, 2.05) is 30.3 Å². The molecule has 1 atom stereocenters. The van der Waals surface area contributed by atoms with E-state index in [2.05, 4.69) is 4.98 Å². The van der Waals surface area contributed by atoms with Gasteiger partial charge in [-0.15, -0.1) is 22.7 Å². The number of hydrogen-bond acceptors (Lipinski definition) is 6. The zero-order valence-electron chi connectivity index (χ0n) is 19.5. The van der Waals surface area contributed by atoms with Gasteiger partial charge in [0.2, 0.25) is 5.78 Å². The van der Waals surface area contributed by atoms with Crippen molar-refractivity contribution in [1.29, 1.82) is 0 Å². The summed E-state index contributed by atoms with van der Waals surface area (Å²) < 4.78 is 40.4. The molecule has 1 aliphatic rings. The number of alkyl halides is 3. The van der Waals surface area contributed by atoms with Crippen molar-refractivity contribution in [2.24, 2.45) is 0 Å². The van der Waals surface area contributed by atoms with Gasteiger partial charge in [-0.3, -0.25) is 14.5 Å². The lowest BCUT2D eigenvalue weighted by molar-refractivity contribution is -0.137. The number of Topliss-reactive ketones (excluding diaryl/α,β-unsaturated/α-hetero) is 1. The molecule has 188 valence electrons. The number of thiazole rings is 1. The number of aromatic nitrogens is 1. The summed E-state index contributed by atoms with van der Waals surface area (Å²) in [6.07, 6.45) is -4.63. The third-order valence-corrected chi connectivity index (χ3v) is 8.35. The second-order valence-corrected chi connectivity index (χ2v) is 10.4. The minimum atomic E-state index is -4.63. The third kappa shape index (κ3) is 4.36. The Kier molecular flexibility index (Phi) is 6.25. The van der Waals surface area contributed by atoms with E-state index in [9.17, 15) is 27.9 Å². The van der Waals surface area contributed by atoms with Gasteiger partial charge >= 0.3 is 6.18 Å². The monoisotopic (exact) mass is 540 g/mol. The Labute approximate surface area is 218 Å². The predicted octanol–water partition coefficient (Wildman–Crippen LogP) is 7.29. The van der Waals surface area contributed by atoms with Crippen LogP contribution < -0.4 is 4.90 Å². The lowest BCUT2D eigenvalue weighted by atomic mass is 9.98. The highest BCUT2D eigenvalue weighted by atomic mass is 32.1. The van der Waals surface area contributed by atoms with Crippen molar-refractivity contribution in [3.8, 4) is 10.6 Å². The summed E-state index contributed by atoms with van der Waals surface area (Å²) >= 11 is 2.39. The van der Waals surface area contributed by atoms with Crippen LogP contribution in [0.1, 0.15) is 37.4 Å². The summed E-state index contributed by atoms with van der Waals surface area (Å²) in [5, 5.41) is 13.3. The van der Waals surface area contributed by atoms with Crippen LogP contribution in [0.25, 0.3) is 10.6 Å². The van der Waals surface area contributed by atoms with Crippen LogP contribution in [0, 0.1) is 13.8 Å². The Bertz CT molecular complexity index is 1550. The first kappa shape index (κ1) is 24.9. The number of ketones is 1. The van der Waals surface area contributed by atoms with Crippen LogP contribution in [0.2, 0.25) is 0 Å². The van der Waals surface area contributed by atoms with Crippen LogP contribution in [0.5, 0.6) is 0 Å². The first-order chi connectivity index (χ1) is 17.6. The topological polar surface area (TPSA) is 70.5 Å². The number of aliphatic hydroxyl groups excluding tert-OH is 1. The molecule has 1 N–H and O–H groups in total. The summed E-state index contributed by atoms with van der Waals surface area (Å²) in [7, 11) is 0. The van der Waals surface area contributed by atoms with Crippen molar-refractivity contribution in [3.63, 3.8) is 0 Å². The molecule has 0 fully saturated rings. The maximum Gasteiger partial charge on any atom is 0.416 e. The zero-order valence-corrected chi connectivity index (χ0v) is 21.2. The molecule has 1 unspecified atom stereocenters. The number of aliphatic hydroxyl groups is 1. The SMILES string of the molecule is Cc1ccsc1C1C(C(=O)c2sc(-c3ccccc3)nc2C)=C(O)C(=O)N1c1cccc(C(F)(F)F)c1. The molecule has 0 aliphatic carbocycles. The van der Waals surface area contributed by atoms with E-state index in [1.54, 1.807) is 25.3 Å². The van der Waals surface area contributed by atoms with E-state index < -0.39 is 35.2 Å². The van der Waals surface area contributed by atoms with E-state index in [4.69, 9.17) is 0 Å². The minimum Gasteiger partial charge on any atom is -0.503 e. The smallest absolute Gasteiger partial charge is 0.416 e. The van der Waals surface area contributed by atoms with E-state index in [0.29, 0.717) is 15.6 Å². The van der Waals surface area contributed by atoms with Gasteiger partial charge < -0.3 is 5.11 Å². The van der Waals surface area contributed by atoms with Gasteiger partial charge in [0.1, 0.15) is 11.0 Å². The molecule has 10 heteroatoms. The summed E-state index contributed by atoms with van der Waals surface area (Å²) in [5.74, 6) is -2.31. The van der Waals surface area contributed by atoms with Crippen LogP contribution in [0.3, 0.4) is 0 Å². The Morgan fingerprint density at radius 3 is 2.43 bits per heavy atom. The number of hydrogen-bond donors (Lipinski definition) is 1. The number of nitrogens with zero attached hydrogens (tertiary/aromatic N) is 2. The quantitative estimate of drug-likeness (QED) is 0.270. The van der Waals surface area contributed by atoms with E-state index in [-0.39, 0.29) is 16.1 Å². The number of halogens is 3. The maximum absolute atomic E-state index is 13.9. The van der Waals surface area contributed by atoms with Gasteiger partial charge in [0.25, 0.3) is 5.91 Å². The third-order valence-electron chi connectivity index (χ3n) is 6.08. The number of aryl methyl sites for hydroxylation is 2. The standard InChI is InChI=1S/C27H19F3N2O3S2/c1-14-11-12-36-23(14)20-19(21(33)24-15(2)31-25(37-24)16-7-4-3-5-8-16)22(34)26(35)32(20)18-10-6-9-17(13-18)27(28,29)30/h3-13,20,34H,1-2H3. The molecule has 1 aliphatic heterocycles. The summed E-state index contributed by atoms with van der Waals surface area (Å²) in [4.78, 5) is 33.6. The molecule has 2 aromatic carbocycles. The van der Waals surface area contributed by atoms with Crippen molar-refractivity contribution in [1.82, 2.24) is 4.98 Å². The fourth-order valence-corrected chi connectivity index (χ4v) is 6.33. The first-order valence-corrected chi connectivity index (χ1v) is 12.8. The normalized spacial score (nSPS) is 16.1. The average Bonchev–Trinajstić information content (AvgIpc) is 3.54. The molecule has 0 saturated carbocycles. The molecule has 4 aromatic rings. The fourth-order valence-electron chi connectivity index (χ4n) is 4.28. The van der Waals surface area contributed by atoms with Gasteiger partial charge in [-0.05, 0) is 49.1 Å². The van der Waals surface area contributed by atoms with Crippen LogP contribution >= 0.6 is 22.7 Å². The van der Waals surface area contributed by atoms with Gasteiger partial charge in [0, 0.05) is 16.1 Å². The molecular formula is C27H19F3N2O3S2. The number of amides is 1. The minimum absolute atomic E-state index is 0.0713. The molecule has 0 radical (unpaired) electrons. The Morgan fingerprint density at radius 2 is 1.78 bits per heavy atom. The largest absolute Gasteiger partial charge is 0.503 e. The van der Waals surface area contributed by atoms with Crippen molar-refractivity contribution in [3.05, 3.63) is 104 Å². The molecular weight excluding hydrogens is 521 g/mol. The lowest BCUT2D eigenvalue weighted by Gasteiger charge is -2.27. The number of anilines is 1. The number of thiophene rings is 1. The molecule has 0 spiro atoms. The van der Waals surface area contributed by atoms with Gasteiger partial charge in [0.05, 0.1) is 21.7 Å². The summed E-state index contributed by atoms with van der Waals surface area (Å²) in [6.45, 7) is 3.45. The second-order valence-electron chi connectivity index (χ2n) is 8.48. The highest BCUT2D eigenvalue weighted by molar-refractivity contribution is 7.17. The second kappa shape index (κ2) is 9.28. The highest BCUT2D eigenvalue weighted by Gasteiger charge is 2.47. The Hall–Kier alpha value is -3.76. The highest BCUT2D eigenvalue weighted by Crippen LogP contribution is 2.46. The fraction of sp³-hybridized carbons (Fsp3) is 0.148. The molecule has 0 saturated heterocycles. The van der Waals surface area contributed by atoms with Crippen molar-refractivity contribution >= 4 is 40.1 Å². The average molecular weight is 541 g/mol. The van der Waals surface area contributed by atoms with Gasteiger partial charge in [-0.2, -0.15) is 13.2 Å². The Balaban J connectivity index is 1.63. The predicted molar refractivity (Wildman–Crippen MR) is 137 cm³/mol. The van der Waals surface area contributed by atoms with Gasteiger partial charge in [-0.1, -0.05) is 36.4 Å². The number of benzene rings is 2. The van der Waals surface area contributed by atoms with Gasteiger partial charge in [-0.25, -0.2) is 4.98 Å². The molecule has 5 rings (SSSR count). The lowest BCUT2D eigenvalue weighted by Crippen LogP contribution is -2.31.